The first-order chi connectivity index (χ1) is 17.5. The van der Waals surface area contributed by atoms with Gasteiger partial charge in [-0.15, -0.1) is 0 Å². The van der Waals surface area contributed by atoms with Crippen LogP contribution in [0.4, 0.5) is 0 Å². The number of piperidine rings is 1. The van der Waals surface area contributed by atoms with Gasteiger partial charge in [-0.05, 0) is 53.1 Å². The van der Waals surface area contributed by atoms with Crippen molar-refractivity contribution in [3.05, 3.63) is 94.6 Å². The molecule has 1 aliphatic rings. The Labute approximate surface area is 212 Å². The predicted octanol–water partition coefficient (Wildman–Crippen LogP) is 5.27. The van der Waals surface area contributed by atoms with Gasteiger partial charge < -0.3 is 18.9 Å². The highest BCUT2D eigenvalue weighted by Crippen LogP contribution is 2.31. The third-order valence-corrected chi connectivity index (χ3v) is 6.12. The van der Waals surface area contributed by atoms with Gasteiger partial charge in [-0.2, -0.15) is 0 Å². The van der Waals surface area contributed by atoms with E-state index >= 15 is 0 Å². The van der Waals surface area contributed by atoms with Crippen molar-refractivity contribution in [2.75, 3.05) is 41.5 Å². The molecular weight excluding hydrogens is 454 g/mol. The number of ketones is 1. The smallest absolute Gasteiger partial charge is 0.187 e. The maximum Gasteiger partial charge on any atom is 0.187 e. The van der Waals surface area contributed by atoms with Gasteiger partial charge in [0.15, 0.2) is 28.8 Å². The molecule has 1 fully saturated rings. The number of ether oxygens (including phenoxy) is 4. The number of benzene rings is 3. The second-order valence-electron chi connectivity index (χ2n) is 8.53. The van der Waals surface area contributed by atoms with Crippen LogP contribution in [0.2, 0.25) is 0 Å². The number of carbonyl (C=O) groups excluding carboxylic acids is 1. The number of nitrogens with zero attached hydrogens (tertiary/aromatic N) is 1. The summed E-state index contributed by atoms with van der Waals surface area (Å²) in [5, 5.41) is 0. The van der Waals surface area contributed by atoms with Gasteiger partial charge in [0.2, 0.25) is 0 Å². The third kappa shape index (κ3) is 5.78. The fourth-order valence-corrected chi connectivity index (χ4v) is 4.35. The molecule has 3 aromatic carbocycles. The molecule has 0 aromatic heterocycles. The van der Waals surface area contributed by atoms with Crippen LogP contribution in [0.1, 0.15) is 16.7 Å². The van der Waals surface area contributed by atoms with Crippen LogP contribution in [0.15, 0.2) is 77.9 Å². The van der Waals surface area contributed by atoms with E-state index < -0.39 is 0 Å². The number of hydrogen-bond acceptors (Lipinski definition) is 6. The van der Waals surface area contributed by atoms with E-state index in [-0.39, 0.29) is 5.78 Å². The fraction of sp³-hybridized carbons (Fsp3) is 0.233. The quantitative estimate of drug-likeness (QED) is 0.405. The molecule has 0 aliphatic carbocycles. The zero-order valence-electron chi connectivity index (χ0n) is 21.1. The summed E-state index contributed by atoms with van der Waals surface area (Å²) in [4.78, 5) is 15.9. The normalized spacial score (nSPS) is 16.3. The molecule has 0 N–H and O–H groups in total. The first-order valence-corrected chi connectivity index (χ1v) is 11.7. The monoisotopic (exact) mass is 485 g/mol. The van der Waals surface area contributed by atoms with Crippen LogP contribution in [0.3, 0.4) is 0 Å². The first-order valence-electron chi connectivity index (χ1n) is 11.7. The van der Waals surface area contributed by atoms with Crippen molar-refractivity contribution in [1.29, 1.82) is 0 Å². The molecule has 1 heterocycles. The third-order valence-electron chi connectivity index (χ3n) is 6.12. The molecule has 0 bridgehead atoms. The van der Waals surface area contributed by atoms with Gasteiger partial charge in [0.1, 0.15) is 0 Å². The lowest BCUT2D eigenvalue weighted by molar-refractivity contribution is -0.113. The number of carbonyl (C=O) groups is 1. The van der Waals surface area contributed by atoms with Crippen LogP contribution in [-0.2, 0) is 11.3 Å². The summed E-state index contributed by atoms with van der Waals surface area (Å²) in [6, 6.07) is 21.6. The highest BCUT2D eigenvalue weighted by molar-refractivity contribution is 6.14. The molecule has 0 spiro atoms. The maximum atomic E-state index is 13.6. The van der Waals surface area contributed by atoms with Crippen molar-refractivity contribution in [2.45, 2.75) is 6.54 Å². The molecule has 0 amide bonds. The number of rotatable bonds is 8. The summed E-state index contributed by atoms with van der Waals surface area (Å²) in [5.41, 5.74) is 4.39. The molecule has 0 radical (unpaired) electrons. The molecule has 0 atom stereocenters. The van der Waals surface area contributed by atoms with Gasteiger partial charge in [0.25, 0.3) is 0 Å². The Balaban J connectivity index is 1.71. The number of methoxy groups -OCH3 is 4. The van der Waals surface area contributed by atoms with Gasteiger partial charge in [0.05, 0.1) is 28.4 Å². The SMILES string of the molecule is COc1ccc(/C=C2/CN(Cc3ccccc3)C/C(=C\c3ccc(OC)c(OC)c3)C2=O)cc1OC. The van der Waals surface area contributed by atoms with Crippen molar-refractivity contribution in [3.8, 4) is 23.0 Å². The molecule has 1 saturated heterocycles. The number of Topliss-reactive ketones (excluding diaryl/α,β-unsaturated/α-hetero) is 1. The van der Waals surface area contributed by atoms with Crippen LogP contribution in [-0.4, -0.2) is 52.2 Å². The van der Waals surface area contributed by atoms with Crippen molar-refractivity contribution < 1.29 is 23.7 Å². The topological polar surface area (TPSA) is 57.2 Å². The summed E-state index contributed by atoms with van der Waals surface area (Å²) in [6.07, 6.45) is 3.87. The summed E-state index contributed by atoms with van der Waals surface area (Å²) in [5.74, 6) is 2.57. The van der Waals surface area contributed by atoms with E-state index in [4.69, 9.17) is 18.9 Å². The summed E-state index contributed by atoms with van der Waals surface area (Å²) < 4.78 is 21.6. The molecule has 4 rings (SSSR count). The fourth-order valence-electron chi connectivity index (χ4n) is 4.35. The van der Waals surface area contributed by atoms with Crippen molar-refractivity contribution in [3.63, 3.8) is 0 Å². The Morgan fingerprint density at radius 3 is 1.58 bits per heavy atom. The Morgan fingerprint density at radius 2 is 1.14 bits per heavy atom. The van der Waals surface area contributed by atoms with E-state index in [1.54, 1.807) is 28.4 Å². The Morgan fingerprint density at radius 1 is 0.667 bits per heavy atom. The summed E-state index contributed by atoms with van der Waals surface area (Å²) >= 11 is 0. The largest absolute Gasteiger partial charge is 0.493 e. The van der Waals surface area contributed by atoms with Crippen molar-refractivity contribution >= 4 is 17.9 Å². The molecule has 1 aliphatic heterocycles. The number of hydrogen-bond donors (Lipinski definition) is 0. The maximum absolute atomic E-state index is 13.6. The minimum absolute atomic E-state index is 0.0314. The van der Waals surface area contributed by atoms with Gasteiger partial charge in [0, 0.05) is 30.8 Å². The molecule has 3 aromatic rings. The lowest BCUT2D eigenvalue weighted by Crippen LogP contribution is -2.37. The van der Waals surface area contributed by atoms with Gasteiger partial charge in [-0.1, -0.05) is 42.5 Å². The van der Waals surface area contributed by atoms with Crippen molar-refractivity contribution in [1.82, 2.24) is 4.90 Å². The predicted molar refractivity (Wildman–Crippen MR) is 142 cm³/mol. The van der Waals surface area contributed by atoms with Gasteiger partial charge >= 0.3 is 0 Å². The highest BCUT2D eigenvalue weighted by atomic mass is 16.5. The zero-order valence-corrected chi connectivity index (χ0v) is 21.1. The van der Waals surface area contributed by atoms with Crippen LogP contribution in [0.25, 0.3) is 12.2 Å². The molecule has 36 heavy (non-hydrogen) atoms. The molecular formula is C30H31NO5. The zero-order chi connectivity index (χ0) is 25.5. The molecule has 0 unspecified atom stereocenters. The van der Waals surface area contributed by atoms with Crippen LogP contribution in [0.5, 0.6) is 23.0 Å². The lowest BCUT2D eigenvalue weighted by atomic mass is 9.93. The van der Waals surface area contributed by atoms with Crippen LogP contribution in [0, 0.1) is 0 Å². The molecule has 6 nitrogen and oxygen atoms in total. The molecule has 186 valence electrons. The lowest BCUT2D eigenvalue weighted by Gasteiger charge is -2.30. The standard InChI is InChI=1S/C30H31NO5/c1-33-26-12-10-22(16-28(26)35-3)14-24-19-31(18-21-8-6-5-7-9-21)20-25(30(24)32)15-23-11-13-27(34-2)29(17-23)36-4/h5-17H,18-20H2,1-4H3/b24-14-,25-15+. The second kappa shape index (κ2) is 11.6. The molecule has 0 saturated carbocycles. The summed E-state index contributed by atoms with van der Waals surface area (Å²) in [6.45, 7) is 1.83. The van der Waals surface area contributed by atoms with E-state index in [1.807, 2.05) is 66.7 Å². The average Bonchev–Trinajstić information content (AvgIpc) is 2.91. The van der Waals surface area contributed by atoms with Gasteiger partial charge in [-0.25, -0.2) is 0 Å². The van der Waals surface area contributed by atoms with E-state index in [9.17, 15) is 4.79 Å². The van der Waals surface area contributed by atoms with Crippen molar-refractivity contribution in [2.24, 2.45) is 0 Å². The average molecular weight is 486 g/mol. The molecule has 6 heteroatoms. The first kappa shape index (κ1) is 25.1. The number of likely N-dealkylation sites (tertiary alicyclic amines) is 1. The van der Waals surface area contributed by atoms with Gasteiger partial charge in [-0.3, -0.25) is 9.69 Å². The highest BCUT2D eigenvalue weighted by Gasteiger charge is 2.26. The van der Waals surface area contributed by atoms with E-state index in [0.29, 0.717) is 36.1 Å². The second-order valence-corrected chi connectivity index (χ2v) is 8.53. The van der Waals surface area contributed by atoms with E-state index in [2.05, 4.69) is 17.0 Å². The van der Waals surface area contributed by atoms with E-state index in [0.717, 1.165) is 28.8 Å². The Bertz CT molecular complexity index is 1200. The minimum atomic E-state index is 0.0314. The Kier molecular flexibility index (Phi) is 8.08. The Hall–Kier alpha value is -4.03. The summed E-state index contributed by atoms with van der Waals surface area (Å²) in [7, 11) is 6.42. The van der Waals surface area contributed by atoms with Crippen LogP contribution < -0.4 is 18.9 Å². The minimum Gasteiger partial charge on any atom is -0.493 e. The van der Waals surface area contributed by atoms with Crippen LogP contribution >= 0.6 is 0 Å². The van der Waals surface area contributed by atoms with E-state index in [1.165, 1.54) is 5.56 Å².